The molecular formula is C54H60N4O10. The summed E-state index contributed by atoms with van der Waals surface area (Å²) in [5.41, 5.74) is 5.62. The monoisotopic (exact) mass is 924 g/mol. The van der Waals surface area contributed by atoms with Crippen LogP contribution in [0.15, 0.2) is 133 Å². The Kier molecular flexibility index (Phi) is 15.5. The third-order valence-corrected chi connectivity index (χ3v) is 13.5. The van der Waals surface area contributed by atoms with E-state index in [1.807, 2.05) is 79.7 Å². The van der Waals surface area contributed by atoms with E-state index >= 15 is 0 Å². The molecule has 14 nitrogen and oxygen atoms in total. The first-order valence-electron chi connectivity index (χ1n) is 23.5. The number of amides is 1. The van der Waals surface area contributed by atoms with Crippen molar-refractivity contribution in [1.29, 1.82) is 0 Å². The van der Waals surface area contributed by atoms with Gasteiger partial charge in [0.05, 0.1) is 42.5 Å². The maximum absolute atomic E-state index is 14.6. The highest BCUT2D eigenvalue weighted by Crippen LogP contribution is 2.62. The zero-order valence-electron chi connectivity index (χ0n) is 38.7. The minimum atomic E-state index is -1.52. The molecule has 1 aliphatic heterocycles. The first kappa shape index (κ1) is 47.9. The van der Waals surface area contributed by atoms with E-state index in [-0.39, 0.29) is 69.4 Å². The highest BCUT2D eigenvalue weighted by atomic mass is 16.7. The van der Waals surface area contributed by atoms with Gasteiger partial charge in [-0.1, -0.05) is 78.7 Å². The highest BCUT2D eigenvalue weighted by Gasteiger charge is 2.65. The summed E-state index contributed by atoms with van der Waals surface area (Å²) >= 11 is 0. The number of nitrogens with zero attached hydrogens (tertiary/aromatic N) is 4. The molecule has 1 fully saturated rings. The van der Waals surface area contributed by atoms with Gasteiger partial charge in [-0.3, -0.25) is 20.0 Å². The Morgan fingerprint density at radius 3 is 2.49 bits per heavy atom. The van der Waals surface area contributed by atoms with Crippen molar-refractivity contribution < 1.29 is 43.7 Å². The van der Waals surface area contributed by atoms with E-state index in [2.05, 4.69) is 23.7 Å². The van der Waals surface area contributed by atoms with E-state index in [1.54, 1.807) is 23.1 Å². The Labute approximate surface area is 397 Å². The second-order valence-corrected chi connectivity index (χ2v) is 17.8. The first-order chi connectivity index (χ1) is 33.2. The number of benzene rings is 4. The van der Waals surface area contributed by atoms with Crippen molar-refractivity contribution in [2.24, 2.45) is 22.9 Å². The molecule has 0 spiro atoms. The fraction of sp³-hybridized carbons (Fsp3) is 0.389. The summed E-state index contributed by atoms with van der Waals surface area (Å²) in [6, 6.07) is 31.1. The number of hydrogen-bond acceptors (Lipinski definition) is 12. The molecule has 2 aliphatic carbocycles. The van der Waals surface area contributed by atoms with E-state index < -0.39 is 28.8 Å². The van der Waals surface area contributed by atoms with Crippen LogP contribution in [0.3, 0.4) is 0 Å². The van der Waals surface area contributed by atoms with Crippen LogP contribution in [0.25, 0.3) is 10.8 Å². The maximum Gasteiger partial charge on any atom is 0.410 e. The van der Waals surface area contributed by atoms with Gasteiger partial charge in [-0.2, -0.15) is 0 Å². The number of methoxy groups -OCH3 is 1. The van der Waals surface area contributed by atoms with Crippen molar-refractivity contribution >= 4 is 28.3 Å². The van der Waals surface area contributed by atoms with Crippen LogP contribution in [0.4, 0.5) is 10.5 Å². The summed E-state index contributed by atoms with van der Waals surface area (Å²) in [6.07, 6.45) is 7.85. The molecule has 0 saturated heterocycles. The molecule has 68 heavy (non-hydrogen) atoms. The van der Waals surface area contributed by atoms with Crippen LogP contribution in [0.5, 0.6) is 11.5 Å². The summed E-state index contributed by atoms with van der Waals surface area (Å²) in [7, 11) is 1.37. The average molecular weight is 925 g/mol. The molecule has 356 valence electrons. The second-order valence-electron chi connectivity index (χ2n) is 17.8. The SMILES string of the molecule is C=CCO[C@@]12Oc3ccc(OCc4cccc(C)n4)cc3[C@H]3[C@H](CCCCO)[C@@H](CCCCO)C=C(C(=NOCc4ccc([N+](=O)[O-])cc4)C[C@@H]1N(Cc1cccc4ccccc14)C(=O)OC)[C@H]32. The number of nitro groups is 1. The van der Waals surface area contributed by atoms with Crippen LogP contribution in [-0.4, -0.2) is 75.6 Å². The lowest BCUT2D eigenvalue weighted by molar-refractivity contribution is -0.384. The zero-order chi connectivity index (χ0) is 47.6. The van der Waals surface area contributed by atoms with Crippen molar-refractivity contribution in [1.82, 2.24) is 9.88 Å². The van der Waals surface area contributed by atoms with Gasteiger partial charge in [0.25, 0.3) is 5.69 Å². The standard InChI is InChI=1S/C54H60N4O10/c1-4-29-66-54-50(57(53(61)64-3)33-40-17-12-16-38-14-5-6-19-44(38)40)32-48(56-67-34-37-21-23-42(24-22-37)58(62)63)46-30-39(15-7-9-27-59)45(20-8-10-28-60)51(52(46)54)47-31-43(25-26-49(47)68-54)65-35-41-18-11-13-36(2)55-41/h4-6,11-14,16-19,21-26,30-31,39,45,50-52,59-60H,1,7-10,15,20,27-29,32-35H2,2-3H3/t39-,45+,50-,51+,52+,54+/m0/s1. The van der Waals surface area contributed by atoms with E-state index in [0.29, 0.717) is 35.6 Å². The van der Waals surface area contributed by atoms with Gasteiger partial charge in [-0.25, -0.2) is 4.79 Å². The predicted octanol–water partition coefficient (Wildman–Crippen LogP) is 10.1. The van der Waals surface area contributed by atoms with Crippen LogP contribution >= 0.6 is 0 Å². The molecule has 2 N–H and O–H groups in total. The molecule has 0 unspecified atom stereocenters. The van der Waals surface area contributed by atoms with Gasteiger partial charge in [0.1, 0.15) is 30.8 Å². The van der Waals surface area contributed by atoms with Crippen molar-refractivity contribution in [2.75, 3.05) is 26.9 Å². The third kappa shape index (κ3) is 10.3. The number of fused-ring (bicyclic) bond motifs is 3. The highest BCUT2D eigenvalue weighted by molar-refractivity contribution is 6.03. The van der Waals surface area contributed by atoms with Crippen LogP contribution in [0, 0.1) is 34.8 Å². The first-order valence-corrected chi connectivity index (χ1v) is 23.5. The van der Waals surface area contributed by atoms with E-state index in [4.69, 9.17) is 28.9 Å². The minimum absolute atomic E-state index is 0.00410. The van der Waals surface area contributed by atoms with Gasteiger partial charge in [0.2, 0.25) is 5.79 Å². The Balaban J connectivity index is 1.32. The average Bonchev–Trinajstić information content (AvgIpc) is 3.35. The van der Waals surface area contributed by atoms with Gasteiger partial charge in [-0.15, -0.1) is 6.58 Å². The molecule has 5 aromatic rings. The van der Waals surface area contributed by atoms with Crippen LogP contribution < -0.4 is 9.47 Å². The van der Waals surface area contributed by atoms with Crippen molar-refractivity contribution in [3.63, 3.8) is 0 Å². The summed E-state index contributed by atoms with van der Waals surface area (Å²) in [4.78, 5) is 38.1. The van der Waals surface area contributed by atoms with Crippen LogP contribution in [-0.2, 0) is 34.1 Å². The van der Waals surface area contributed by atoms with Gasteiger partial charge in [-0.05, 0) is 114 Å². The predicted molar refractivity (Wildman–Crippen MR) is 258 cm³/mol. The number of ether oxygens (including phenoxy) is 4. The number of rotatable bonds is 21. The fourth-order valence-electron chi connectivity index (χ4n) is 10.5. The molecule has 3 aliphatic rings. The maximum atomic E-state index is 14.6. The van der Waals surface area contributed by atoms with Crippen LogP contribution in [0.2, 0.25) is 0 Å². The Hall–Kier alpha value is -6.61. The molecule has 6 atom stereocenters. The zero-order valence-corrected chi connectivity index (χ0v) is 38.7. The quantitative estimate of drug-likeness (QED) is 0.0310. The number of carbonyl (C=O) groups excluding carboxylic acids is 1. The molecule has 0 radical (unpaired) electrons. The summed E-state index contributed by atoms with van der Waals surface area (Å²) in [6.45, 7) is 6.64. The number of aromatic nitrogens is 1. The topological polar surface area (TPSA) is 175 Å². The molecule has 14 heteroatoms. The number of carbonyl (C=O) groups is 1. The second kappa shape index (κ2) is 22.0. The van der Waals surface area contributed by atoms with E-state index in [1.165, 1.54) is 19.2 Å². The summed E-state index contributed by atoms with van der Waals surface area (Å²) in [5.74, 6) is -1.16. The van der Waals surface area contributed by atoms with Crippen LogP contribution in [0.1, 0.15) is 78.9 Å². The Bertz CT molecular complexity index is 2630. The van der Waals surface area contributed by atoms with E-state index in [0.717, 1.165) is 64.5 Å². The number of hydrogen-bond donors (Lipinski definition) is 2. The fourth-order valence-corrected chi connectivity index (χ4v) is 10.5. The number of oxime groups is 1. The Morgan fingerprint density at radius 2 is 1.74 bits per heavy atom. The number of aliphatic hydroxyl groups excluding tert-OH is 2. The van der Waals surface area contributed by atoms with Crippen molar-refractivity contribution in [3.8, 4) is 11.5 Å². The molecule has 2 heterocycles. The number of non-ortho nitro benzene ring substituents is 1. The van der Waals surface area contributed by atoms with Crippen molar-refractivity contribution in [3.05, 3.63) is 166 Å². The number of aliphatic hydroxyl groups is 2. The lowest BCUT2D eigenvalue weighted by atomic mass is 9.55. The molecule has 4 aromatic carbocycles. The normalized spacial score (nSPS) is 22.0. The Morgan fingerprint density at radius 1 is 0.971 bits per heavy atom. The lowest BCUT2D eigenvalue weighted by Crippen LogP contribution is -2.70. The van der Waals surface area contributed by atoms with Gasteiger partial charge >= 0.3 is 6.09 Å². The smallest absolute Gasteiger partial charge is 0.410 e. The number of aryl methyl sites for hydroxylation is 1. The molecule has 1 amide bonds. The van der Waals surface area contributed by atoms with Gasteiger partial charge < -0.3 is 34.0 Å². The molecular weight excluding hydrogens is 865 g/mol. The molecule has 1 saturated carbocycles. The number of pyridine rings is 1. The molecule has 0 bridgehead atoms. The van der Waals surface area contributed by atoms with E-state index in [9.17, 15) is 25.1 Å². The summed E-state index contributed by atoms with van der Waals surface area (Å²) in [5, 5.41) is 38.4. The largest absolute Gasteiger partial charge is 0.487 e. The molecule has 1 aromatic heterocycles. The summed E-state index contributed by atoms with van der Waals surface area (Å²) < 4.78 is 26.7. The number of nitro benzene ring substituents is 1. The number of allylic oxidation sites excluding steroid dienone is 1. The minimum Gasteiger partial charge on any atom is -0.487 e. The third-order valence-electron chi connectivity index (χ3n) is 13.5. The number of unbranched alkanes of at least 4 members (excludes halogenated alkanes) is 2. The van der Waals surface area contributed by atoms with Gasteiger partial charge in [0, 0.05) is 48.9 Å². The lowest BCUT2D eigenvalue weighted by Gasteiger charge is -2.59. The van der Waals surface area contributed by atoms with Crippen molar-refractivity contribution in [2.45, 2.75) is 89.4 Å². The van der Waals surface area contributed by atoms with Gasteiger partial charge in [0.15, 0.2) is 0 Å². The molecule has 8 rings (SSSR count).